The highest BCUT2D eigenvalue weighted by Crippen LogP contribution is 2.41. The van der Waals surface area contributed by atoms with Gasteiger partial charge < -0.3 is 10.2 Å². The first-order chi connectivity index (χ1) is 11.4. The third kappa shape index (κ3) is 2.90. The van der Waals surface area contributed by atoms with E-state index in [1.54, 1.807) is 6.07 Å². The molecule has 8 heteroatoms. The van der Waals surface area contributed by atoms with E-state index in [0.29, 0.717) is 22.3 Å². The maximum absolute atomic E-state index is 12.6. The Morgan fingerprint density at radius 1 is 1.12 bits per heavy atom. The molecule has 1 N–H and O–H groups in total. The third-order valence-electron chi connectivity index (χ3n) is 4.92. The molecule has 2 fully saturated rings. The molecule has 4 heterocycles. The van der Waals surface area contributed by atoms with Crippen LogP contribution in [0.5, 0.6) is 0 Å². The zero-order chi connectivity index (χ0) is 16.8. The van der Waals surface area contributed by atoms with Gasteiger partial charge in [0.2, 0.25) is 0 Å². The second kappa shape index (κ2) is 5.54. The van der Waals surface area contributed by atoms with Gasteiger partial charge in [-0.3, -0.25) is 0 Å². The molecular weight excluding hydrogens is 319 g/mol. The number of alkyl halides is 3. The van der Waals surface area contributed by atoms with Gasteiger partial charge in [0.25, 0.3) is 0 Å². The van der Waals surface area contributed by atoms with Crippen molar-refractivity contribution in [1.82, 2.24) is 20.3 Å². The van der Waals surface area contributed by atoms with Gasteiger partial charge >= 0.3 is 6.18 Å². The molecule has 2 aliphatic heterocycles. The molecular formula is C16H18F3N5. The number of pyridine rings is 1. The molecule has 4 rings (SSSR count). The molecule has 2 aromatic heterocycles. The van der Waals surface area contributed by atoms with E-state index in [9.17, 15) is 13.2 Å². The molecule has 0 radical (unpaired) electrons. The monoisotopic (exact) mass is 337 g/mol. The Balaban J connectivity index is 1.62. The van der Waals surface area contributed by atoms with Crippen LogP contribution in [0.3, 0.4) is 0 Å². The lowest BCUT2D eigenvalue weighted by molar-refractivity contribution is -0.127. The quantitative estimate of drug-likeness (QED) is 0.911. The molecule has 2 saturated heterocycles. The summed E-state index contributed by atoms with van der Waals surface area (Å²) in [5, 5.41) is 3.36. The number of hydrogen-bond acceptors (Lipinski definition) is 5. The van der Waals surface area contributed by atoms with Crippen molar-refractivity contribution in [1.29, 1.82) is 0 Å². The van der Waals surface area contributed by atoms with Crippen LogP contribution in [0.15, 0.2) is 18.5 Å². The highest BCUT2D eigenvalue weighted by Gasteiger charge is 2.44. The van der Waals surface area contributed by atoms with Crippen molar-refractivity contribution < 1.29 is 13.2 Å². The molecule has 128 valence electrons. The van der Waals surface area contributed by atoms with Crippen molar-refractivity contribution >= 4 is 16.9 Å². The predicted octanol–water partition coefficient (Wildman–Crippen LogP) is 2.32. The van der Waals surface area contributed by atoms with Crippen molar-refractivity contribution in [3.05, 3.63) is 24.2 Å². The van der Waals surface area contributed by atoms with E-state index < -0.39 is 12.6 Å². The summed E-state index contributed by atoms with van der Waals surface area (Å²) in [4.78, 5) is 14.7. The van der Waals surface area contributed by atoms with Crippen molar-refractivity contribution in [2.45, 2.75) is 25.4 Å². The highest BCUT2D eigenvalue weighted by atomic mass is 19.4. The van der Waals surface area contributed by atoms with E-state index in [2.05, 4.69) is 25.2 Å². The molecule has 0 bridgehead atoms. The summed E-state index contributed by atoms with van der Waals surface area (Å²) >= 11 is 0. The standard InChI is InChI=1S/C16H18F3N5/c17-16(18,19)7-11-1-2-12-13(23-11)14(22-10-21-12)24-8-15(9-24)3-5-20-6-4-15/h1-2,10,20H,3-9H2. The fraction of sp³-hybridized carbons (Fsp3) is 0.562. The molecule has 24 heavy (non-hydrogen) atoms. The van der Waals surface area contributed by atoms with Gasteiger partial charge in [-0.25, -0.2) is 15.0 Å². The van der Waals surface area contributed by atoms with Crippen LogP contribution in [0.4, 0.5) is 19.0 Å². The van der Waals surface area contributed by atoms with Crippen LogP contribution in [0.2, 0.25) is 0 Å². The molecule has 0 aliphatic carbocycles. The maximum atomic E-state index is 12.6. The van der Waals surface area contributed by atoms with Crippen LogP contribution >= 0.6 is 0 Å². The van der Waals surface area contributed by atoms with Gasteiger partial charge in [-0.05, 0) is 38.1 Å². The first-order valence-corrected chi connectivity index (χ1v) is 8.07. The lowest BCUT2D eigenvalue weighted by atomic mass is 9.72. The van der Waals surface area contributed by atoms with Crippen LogP contribution in [-0.2, 0) is 6.42 Å². The van der Waals surface area contributed by atoms with Gasteiger partial charge in [0.05, 0.1) is 17.6 Å². The lowest BCUT2D eigenvalue weighted by Gasteiger charge is -2.53. The van der Waals surface area contributed by atoms with Crippen LogP contribution < -0.4 is 10.2 Å². The lowest BCUT2D eigenvalue weighted by Crippen LogP contribution is -2.60. The van der Waals surface area contributed by atoms with Gasteiger partial charge in [-0.2, -0.15) is 13.2 Å². The zero-order valence-corrected chi connectivity index (χ0v) is 13.1. The Morgan fingerprint density at radius 2 is 1.88 bits per heavy atom. The molecule has 0 saturated carbocycles. The van der Waals surface area contributed by atoms with E-state index in [1.807, 2.05) is 0 Å². The molecule has 0 atom stereocenters. The third-order valence-corrected chi connectivity index (χ3v) is 4.92. The van der Waals surface area contributed by atoms with Crippen LogP contribution in [0.25, 0.3) is 11.0 Å². The number of rotatable bonds is 2. The normalized spacial score (nSPS) is 20.4. The largest absolute Gasteiger partial charge is 0.394 e. The maximum Gasteiger partial charge on any atom is 0.394 e. The van der Waals surface area contributed by atoms with Crippen molar-refractivity contribution in [3.63, 3.8) is 0 Å². The van der Waals surface area contributed by atoms with Gasteiger partial charge in [0.1, 0.15) is 11.8 Å². The van der Waals surface area contributed by atoms with E-state index in [4.69, 9.17) is 0 Å². The van der Waals surface area contributed by atoms with Crippen molar-refractivity contribution in [2.75, 3.05) is 31.1 Å². The van der Waals surface area contributed by atoms with Gasteiger partial charge in [0, 0.05) is 18.5 Å². The Labute approximate surface area is 137 Å². The average Bonchev–Trinajstić information content (AvgIpc) is 2.51. The molecule has 1 spiro atoms. The summed E-state index contributed by atoms with van der Waals surface area (Å²) in [6, 6.07) is 2.98. The molecule has 0 amide bonds. The minimum atomic E-state index is -4.27. The second-order valence-electron chi connectivity index (χ2n) is 6.77. The molecule has 2 aliphatic rings. The Kier molecular flexibility index (Phi) is 3.59. The summed E-state index contributed by atoms with van der Waals surface area (Å²) in [5.41, 5.74) is 1.36. The summed E-state index contributed by atoms with van der Waals surface area (Å²) in [7, 11) is 0. The van der Waals surface area contributed by atoms with Crippen LogP contribution in [0.1, 0.15) is 18.5 Å². The SMILES string of the molecule is FC(F)(F)Cc1ccc2ncnc(N3CC4(CCNCC4)C3)c2n1. The number of fused-ring (bicyclic) bond motifs is 1. The number of piperidine rings is 1. The Morgan fingerprint density at radius 3 is 2.58 bits per heavy atom. The molecule has 0 unspecified atom stereocenters. The highest BCUT2D eigenvalue weighted by molar-refractivity contribution is 5.85. The first-order valence-electron chi connectivity index (χ1n) is 8.07. The summed E-state index contributed by atoms with van der Waals surface area (Å²) in [6.07, 6.45) is -1.60. The van der Waals surface area contributed by atoms with E-state index in [-0.39, 0.29) is 5.69 Å². The van der Waals surface area contributed by atoms with Crippen molar-refractivity contribution in [2.24, 2.45) is 5.41 Å². The second-order valence-corrected chi connectivity index (χ2v) is 6.77. The molecule has 2 aromatic rings. The number of anilines is 1. The number of nitrogens with one attached hydrogen (secondary N) is 1. The fourth-order valence-electron chi connectivity index (χ4n) is 3.69. The fourth-order valence-corrected chi connectivity index (χ4v) is 3.69. The van der Waals surface area contributed by atoms with E-state index in [0.717, 1.165) is 39.0 Å². The van der Waals surface area contributed by atoms with E-state index in [1.165, 1.54) is 12.4 Å². The number of aromatic nitrogens is 3. The average molecular weight is 337 g/mol. The minimum absolute atomic E-state index is 0.00292. The minimum Gasteiger partial charge on any atom is -0.353 e. The van der Waals surface area contributed by atoms with Gasteiger partial charge in [0.15, 0.2) is 5.82 Å². The summed E-state index contributed by atoms with van der Waals surface area (Å²) in [6.45, 7) is 3.80. The number of halogens is 3. The van der Waals surface area contributed by atoms with Crippen LogP contribution in [0, 0.1) is 5.41 Å². The zero-order valence-electron chi connectivity index (χ0n) is 13.1. The predicted molar refractivity (Wildman–Crippen MR) is 83.8 cm³/mol. The summed E-state index contributed by atoms with van der Waals surface area (Å²) in [5.74, 6) is 0.646. The Bertz CT molecular complexity index is 747. The smallest absolute Gasteiger partial charge is 0.353 e. The van der Waals surface area contributed by atoms with Crippen molar-refractivity contribution in [3.8, 4) is 0 Å². The van der Waals surface area contributed by atoms with Crippen LogP contribution in [-0.4, -0.2) is 47.3 Å². The number of hydrogen-bond donors (Lipinski definition) is 1. The Hall–Kier alpha value is -1.96. The molecule has 0 aromatic carbocycles. The van der Waals surface area contributed by atoms with Gasteiger partial charge in [-0.1, -0.05) is 0 Å². The first kappa shape index (κ1) is 15.6. The van der Waals surface area contributed by atoms with Gasteiger partial charge in [-0.15, -0.1) is 0 Å². The number of nitrogens with zero attached hydrogens (tertiary/aromatic N) is 4. The molecule has 5 nitrogen and oxygen atoms in total. The summed E-state index contributed by atoms with van der Waals surface area (Å²) < 4.78 is 37.9. The topological polar surface area (TPSA) is 53.9 Å². The van der Waals surface area contributed by atoms with E-state index >= 15 is 0 Å².